The Balaban J connectivity index is 1.29. The Morgan fingerprint density at radius 2 is 0.820 bits per heavy atom. The largest absolute Gasteiger partial charge is 0.309 e. The number of benzene rings is 7. The zero-order valence-electron chi connectivity index (χ0n) is 26.9. The summed E-state index contributed by atoms with van der Waals surface area (Å²) < 4.78 is 2.31. The van der Waals surface area contributed by atoms with Crippen molar-refractivity contribution in [3.8, 4) is 62.1 Å². The van der Waals surface area contributed by atoms with Crippen LogP contribution in [0.3, 0.4) is 0 Å². The van der Waals surface area contributed by atoms with Gasteiger partial charge in [-0.1, -0.05) is 151 Å². The second kappa shape index (κ2) is 12.6. The number of rotatable bonds is 6. The van der Waals surface area contributed by atoms with Gasteiger partial charge in [0.2, 0.25) is 0 Å². The summed E-state index contributed by atoms with van der Waals surface area (Å²) in [5.74, 6) is 1.77. The van der Waals surface area contributed by atoms with Gasteiger partial charge in [-0.3, -0.25) is 0 Å². The van der Waals surface area contributed by atoms with E-state index in [1.807, 2.05) is 72.8 Å². The fourth-order valence-corrected chi connectivity index (χ4v) is 7.05. The van der Waals surface area contributed by atoms with E-state index in [1.165, 1.54) is 10.8 Å². The van der Waals surface area contributed by atoms with Crippen molar-refractivity contribution < 1.29 is 0 Å². The maximum Gasteiger partial charge on any atom is 0.164 e. The Bertz CT molecular complexity index is 2570. The van der Waals surface area contributed by atoms with Crippen LogP contribution < -0.4 is 0 Å². The lowest BCUT2D eigenvalue weighted by Crippen LogP contribution is -2.01. The second-order valence-electron chi connectivity index (χ2n) is 12.2. The number of hydrogen-bond acceptors (Lipinski definition) is 3. The van der Waals surface area contributed by atoms with Gasteiger partial charge in [0.05, 0.1) is 16.1 Å². The number of aromatic nitrogens is 4. The van der Waals surface area contributed by atoms with Crippen LogP contribution in [-0.4, -0.2) is 19.5 Å². The molecule has 0 bridgehead atoms. The van der Waals surface area contributed by atoms with Gasteiger partial charge in [0.1, 0.15) is 0 Å². The Hall–Kier alpha value is -6.36. The maximum absolute atomic E-state index is 7.19. The van der Waals surface area contributed by atoms with E-state index in [1.54, 1.807) is 0 Å². The molecule has 0 aliphatic carbocycles. The minimum Gasteiger partial charge on any atom is -0.309 e. The van der Waals surface area contributed by atoms with Gasteiger partial charge in [-0.25, -0.2) is 15.0 Å². The average molecular weight is 661 g/mol. The van der Waals surface area contributed by atoms with Crippen LogP contribution in [0.15, 0.2) is 176 Å². The zero-order valence-corrected chi connectivity index (χ0v) is 27.7. The lowest BCUT2D eigenvalue weighted by atomic mass is 9.95. The van der Waals surface area contributed by atoms with E-state index in [2.05, 4.69) is 108 Å². The molecule has 0 aliphatic heterocycles. The van der Waals surface area contributed by atoms with E-state index in [0.717, 1.165) is 55.7 Å². The van der Waals surface area contributed by atoms with Gasteiger partial charge in [-0.05, 0) is 47.5 Å². The molecule has 236 valence electrons. The fourth-order valence-electron chi connectivity index (χ4n) is 6.72. The first-order valence-corrected chi connectivity index (χ1v) is 16.9. The maximum atomic E-state index is 7.19. The summed E-state index contributed by atoms with van der Waals surface area (Å²) in [4.78, 5) is 15.4. The monoisotopic (exact) mass is 660 g/mol. The molecule has 0 radical (unpaired) electrons. The molecular formula is C45H29ClN4. The molecule has 0 unspecified atom stereocenters. The quantitative estimate of drug-likeness (QED) is 0.178. The Morgan fingerprint density at radius 1 is 0.360 bits per heavy atom. The molecule has 0 N–H and O–H groups in total. The summed E-state index contributed by atoms with van der Waals surface area (Å²) in [6.45, 7) is 0. The normalized spacial score (nSPS) is 11.3. The summed E-state index contributed by atoms with van der Waals surface area (Å²) in [5.41, 5.74) is 9.88. The average Bonchev–Trinajstić information content (AvgIpc) is 3.53. The van der Waals surface area contributed by atoms with Crippen molar-refractivity contribution in [1.29, 1.82) is 0 Å². The molecule has 2 aromatic heterocycles. The minimum atomic E-state index is 0.573. The highest BCUT2D eigenvalue weighted by Crippen LogP contribution is 2.41. The van der Waals surface area contributed by atoms with Gasteiger partial charge in [0, 0.05) is 44.3 Å². The van der Waals surface area contributed by atoms with E-state index >= 15 is 0 Å². The minimum absolute atomic E-state index is 0.573. The van der Waals surface area contributed by atoms with Gasteiger partial charge >= 0.3 is 0 Å². The van der Waals surface area contributed by atoms with Crippen molar-refractivity contribution in [2.24, 2.45) is 0 Å². The van der Waals surface area contributed by atoms with Crippen molar-refractivity contribution in [2.75, 3.05) is 0 Å². The molecule has 0 aliphatic rings. The van der Waals surface area contributed by atoms with Crippen LogP contribution in [0.2, 0.25) is 5.02 Å². The van der Waals surface area contributed by atoms with E-state index in [0.29, 0.717) is 22.5 Å². The van der Waals surface area contributed by atoms with Gasteiger partial charge in [-0.15, -0.1) is 0 Å². The number of fused-ring (bicyclic) bond motifs is 3. The molecule has 0 atom stereocenters. The molecular weight excluding hydrogens is 632 g/mol. The third kappa shape index (κ3) is 5.33. The third-order valence-corrected chi connectivity index (χ3v) is 9.52. The fraction of sp³-hybridized carbons (Fsp3) is 0. The standard InChI is InChI=1S/C45H29ClN4/c46-42-38(30-15-5-1-6-16-30)27-34(28-39(42)31-17-7-2-8-18-31)45-48-43(32-19-9-3-10-20-32)47-44(49-45)33-25-26-37-36-23-13-14-24-40(36)50(41(37)29-33)35-21-11-4-12-22-35/h1-29H. The van der Waals surface area contributed by atoms with Crippen LogP contribution in [0, 0.1) is 0 Å². The van der Waals surface area contributed by atoms with Crippen molar-refractivity contribution in [3.05, 3.63) is 181 Å². The van der Waals surface area contributed by atoms with Gasteiger partial charge in [0.15, 0.2) is 17.5 Å². The Morgan fingerprint density at radius 3 is 1.42 bits per heavy atom. The second-order valence-corrected chi connectivity index (χ2v) is 12.6. The summed E-state index contributed by atoms with van der Waals surface area (Å²) in [7, 11) is 0. The molecule has 0 saturated carbocycles. The van der Waals surface area contributed by atoms with Gasteiger partial charge < -0.3 is 4.57 Å². The van der Waals surface area contributed by atoms with Crippen LogP contribution >= 0.6 is 11.6 Å². The SMILES string of the molecule is Clc1c(-c2ccccc2)cc(-c2nc(-c3ccccc3)nc(-c3ccc4c5ccccc5n(-c5ccccc5)c4c3)n2)cc1-c1ccccc1. The lowest BCUT2D eigenvalue weighted by molar-refractivity contribution is 1.07. The van der Waals surface area contributed by atoms with E-state index in [9.17, 15) is 0 Å². The van der Waals surface area contributed by atoms with Crippen molar-refractivity contribution >= 4 is 33.4 Å². The van der Waals surface area contributed by atoms with E-state index < -0.39 is 0 Å². The topological polar surface area (TPSA) is 43.6 Å². The molecule has 0 spiro atoms. The van der Waals surface area contributed by atoms with Crippen LogP contribution in [-0.2, 0) is 0 Å². The molecule has 0 amide bonds. The molecule has 50 heavy (non-hydrogen) atoms. The summed E-state index contributed by atoms with van der Waals surface area (Å²) in [6.07, 6.45) is 0. The molecule has 0 saturated heterocycles. The molecule has 0 fully saturated rings. The molecule has 5 heteroatoms. The predicted molar refractivity (Wildman–Crippen MR) is 206 cm³/mol. The molecule has 7 aromatic carbocycles. The predicted octanol–water partition coefficient (Wildman–Crippen LogP) is 12.0. The highest BCUT2D eigenvalue weighted by atomic mass is 35.5. The lowest BCUT2D eigenvalue weighted by Gasteiger charge is -2.15. The molecule has 2 heterocycles. The molecule has 4 nitrogen and oxygen atoms in total. The summed E-state index contributed by atoms with van der Waals surface area (Å²) in [5, 5.41) is 3.05. The molecule has 9 rings (SSSR count). The van der Waals surface area contributed by atoms with E-state index in [-0.39, 0.29) is 0 Å². The first-order valence-electron chi connectivity index (χ1n) is 16.6. The van der Waals surface area contributed by atoms with Gasteiger partial charge in [-0.2, -0.15) is 0 Å². The van der Waals surface area contributed by atoms with Crippen LogP contribution in [0.25, 0.3) is 83.9 Å². The number of para-hydroxylation sites is 2. The highest BCUT2D eigenvalue weighted by Gasteiger charge is 2.19. The van der Waals surface area contributed by atoms with Crippen LogP contribution in [0.5, 0.6) is 0 Å². The van der Waals surface area contributed by atoms with Crippen molar-refractivity contribution in [3.63, 3.8) is 0 Å². The summed E-state index contributed by atoms with van der Waals surface area (Å²) >= 11 is 7.19. The summed E-state index contributed by atoms with van der Waals surface area (Å²) in [6, 6.07) is 60.2. The molecule has 9 aromatic rings. The van der Waals surface area contributed by atoms with E-state index in [4.69, 9.17) is 26.6 Å². The van der Waals surface area contributed by atoms with Crippen LogP contribution in [0.1, 0.15) is 0 Å². The first-order chi connectivity index (χ1) is 24.7. The number of halogens is 1. The Kier molecular flexibility index (Phi) is 7.49. The number of nitrogens with zero attached hydrogens (tertiary/aromatic N) is 4. The Labute approximate surface area is 295 Å². The number of hydrogen-bond donors (Lipinski definition) is 0. The smallest absolute Gasteiger partial charge is 0.164 e. The highest BCUT2D eigenvalue weighted by molar-refractivity contribution is 6.36. The first kappa shape index (κ1) is 29.8. The zero-order chi connectivity index (χ0) is 33.4. The third-order valence-electron chi connectivity index (χ3n) is 9.11. The van der Waals surface area contributed by atoms with Crippen molar-refractivity contribution in [1.82, 2.24) is 19.5 Å². The van der Waals surface area contributed by atoms with Crippen molar-refractivity contribution in [2.45, 2.75) is 0 Å². The van der Waals surface area contributed by atoms with Gasteiger partial charge in [0.25, 0.3) is 0 Å². The van der Waals surface area contributed by atoms with Crippen LogP contribution in [0.4, 0.5) is 0 Å².